The zero-order valence-electron chi connectivity index (χ0n) is 9.66. The summed E-state index contributed by atoms with van der Waals surface area (Å²) < 4.78 is 4.72. The van der Waals surface area contributed by atoms with Gasteiger partial charge in [0.05, 0.1) is 6.10 Å². The summed E-state index contributed by atoms with van der Waals surface area (Å²) in [6.45, 7) is 10.7. The first kappa shape index (κ1) is 14.2. The van der Waals surface area contributed by atoms with E-state index < -0.39 is 11.9 Å². The molecule has 0 unspecified atom stereocenters. The van der Waals surface area contributed by atoms with Gasteiger partial charge in [0, 0.05) is 6.54 Å². The van der Waals surface area contributed by atoms with Crippen molar-refractivity contribution in [2.45, 2.75) is 20.0 Å². The van der Waals surface area contributed by atoms with Gasteiger partial charge in [-0.2, -0.15) is 0 Å². The predicted molar refractivity (Wildman–Crippen MR) is 62.7 cm³/mol. The molecular weight excluding hydrogens is 206 g/mol. The van der Waals surface area contributed by atoms with Gasteiger partial charge in [-0.15, -0.1) is 0 Å². The van der Waals surface area contributed by atoms with Gasteiger partial charge in [0.15, 0.2) is 0 Å². The fourth-order valence-corrected chi connectivity index (χ4v) is 0.873. The Bertz CT molecular complexity index is 316. The first-order chi connectivity index (χ1) is 7.51. The standard InChI is InChI=1S/C12H17NO3/c1-5-7-10(6-2)8-13-11(14)12(15)16-9(3)4/h5-7,9H,1-2,8H2,3-4H3,(H,13,14)/b10-7+. The van der Waals surface area contributed by atoms with Gasteiger partial charge in [-0.1, -0.05) is 31.4 Å². The Morgan fingerprint density at radius 2 is 2.00 bits per heavy atom. The Balaban J connectivity index is 4.16. The van der Waals surface area contributed by atoms with E-state index in [1.165, 1.54) is 0 Å². The lowest BCUT2D eigenvalue weighted by molar-refractivity contribution is -0.157. The topological polar surface area (TPSA) is 55.4 Å². The minimum absolute atomic E-state index is 0.224. The molecule has 0 heterocycles. The SMILES string of the molecule is C=C/C=C(\C=C)CNC(=O)C(=O)OC(C)C. The molecule has 0 rings (SSSR count). The highest BCUT2D eigenvalue weighted by Gasteiger charge is 2.15. The van der Waals surface area contributed by atoms with Crippen LogP contribution in [0.25, 0.3) is 0 Å². The van der Waals surface area contributed by atoms with Crippen LogP contribution < -0.4 is 5.32 Å². The highest BCUT2D eigenvalue weighted by atomic mass is 16.5. The summed E-state index contributed by atoms with van der Waals surface area (Å²) in [5.74, 6) is -1.64. The molecular formula is C12H17NO3. The lowest BCUT2D eigenvalue weighted by Crippen LogP contribution is -2.34. The molecule has 0 aromatic carbocycles. The third-order valence-corrected chi connectivity index (χ3v) is 1.58. The first-order valence-corrected chi connectivity index (χ1v) is 4.94. The quantitative estimate of drug-likeness (QED) is 0.435. The van der Waals surface area contributed by atoms with Crippen molar-refractivity contribution in [3.8, 4) is 0 Å². The van der Waals surface area contributed by atoms with E-state index in [1.807, 2.05) is 0 Å². The Morgan fingerprint density at radius 1 is 1.38 bits per heavy atom. The molecule has 0 spiro atoms. The summed E-state index contributed by atoms with van der Waals surface area (Å²) in [5, 5.41) is 2.42. The largest absolute Gasteiger partial charge is 0.456 e. The molecule has 16 heavy (non-hydrogen) atoms. The fourth-order valence-electron chi connectivity index (χ4n) is 0.873. The molecule has 0 aromatic heterocycles. The molecule has 1 amide bonds. The Kier molecular flexibility index (Phi) is 6.59. The van der Waals surface area contributed by atoms with E-state index in [0.717, 1.165) is 5.57 Å². The molecule has 0 aromatic rings. The first-order valence-electron chi connectivity index (χ1n) is 4.94. The lowest BCUT2D eigenvalue weighted by atomic mass is 10.2. The Morgan fingerprint density at radius 3 is 2.44 bits per heavy atom. The predicted octanol–water partition coefficient (Wildman–Crippen LogP) is 1.35. The van der Waals surface area contributed by atoms with Gasteiger partial charge in [-0.25, -0.2) is 4.79 Å². The van der Waals surface area contributed by atoms with E-state index >= 15 is 0 Å². The second kappa shape index (κ2) is 7.45. The van der Waals surface area contributed by atoms with Crippen molar-refractivity contribution in [2.24, 2.45) is 0 Å². The average Bonchev–Trinajstić information content (AvgIpc) is 2.22. The van der Waals surface area contributed by atoms with E-state index in [-0.39, 0.29) is 12.6 Å². The number of amides is 1. The average molecular weight is 223 g/mol. The molecule has 88 valence electrons. The third kappa shape index (κ3) is 5.80. The van der Waals surface area contributed by atoms with Crippen molar-refractivity contribution in [2.75, 3.05) is 6.54 Å². The number of rotatable bonds is 5. The van der Waals surface area contributed by atoms with Gasteiger partial charge >= 0.3 is 11.9 Å². The number of carbonyl (C=O) groups excluding carboxylic acids is 2. The van der Waals surface area contributed by atoms with E-state index in [1.54, 1.807) is 32.1 Å². The van der Waals surface area contributed by atoms with Gasteiger partial charge < -0.3 is 10.1 Å². The van der Waals surface area contributed by atoms with Crippen LogP contribution in [0.2, 0.25) is 0 Å². The van der Waals surface area contributed by atoms with Crippen LogP contribution in [0.5, 0.6) is 0 Å². The Hall–Kier alpha value is -1.84. The third-order valence-electron chi connectivity index (χ3n) is 1.58. The number of esters is 1. The van der Waals surface area contributed by atoms with Gasteiger partial charge in [0.1, 0.15) is 0 Å². The monoisotopic (exact) mass is 223 g/mol. The summed E-state index contributed by atoms with van der Waals surface area (Å²) in [7, 11) is 0. The lowest BCUT2D eigenvalue weighted by Gasteiger charge is -2.08. The summed E-state index contributed by atoms with van der Waals surface area (Å²) in [6.07, 6.45) is 4.55. The molecule has 4 nitrogen and oxygen atoms in total. The molecule has 4 heteroatoms. The highest BCUT2D eigenvalue weighted by Crippen LogP contribution is 1.94. The molecule has 0 saturated heterocycles. The zero-order valence-corrected chi connectivity index (χ0v) is 9.66. The maximum absolute atomic E-state index is 11.2. The maximum Gasteiger partial charge on any atom is 0.397 e. The van der Waals surface area contributed by atoms with E-state index in [2.05, 4.69) is 18.5 Å². The summed E-state index contributed by atoms with van der Waals surface area (Å²) in [6, 6.07) is 0. The number of carbonyl (C=O) groups is 2. The molecule has 0 radical (unpaired) electrons. The van der Waals surface area contributed by atoms with Crippen molar-refractivity contribution in [1.82, 2.24) is 5.32 Å². The summed E-state index contributed by atoms with van der Waals surface area (Å²) in [5.41, 5.74) is 0.765. The zero-order chi connectivity index (χ0) is 12.6. The van der Waals surface area contributed by atoms with E-state index in [4.69, 9.17) is 4.74 Å². The van der Waals surface area contributed by atoms with Crippen molar-refractivity contribution in [3.63, 3.8) is 0 Å². The fraction of sp³-hybridized carbons (Fsp3) is 0.333. The Labute approximate surface area is 95.7 Å². The van der Waals surface area contributed by atoms with Crippen molar-refractivity contribution in [3.05, 3.63) is 37.0 Å². The maximum atomic E-state index is 11.2. The van der Waals surface area contributed by atoms with Gasteiger partial charge in [-0.05, 0) is 19.4 Å². The van der Waals surface area contributed by atoms with Crippen LogP contribution in [0.15, 0.2) is 37.0 Å². The van der Waals surface area contributed by atoms with Crippen LogP contribution in [-0.4, -0.2) is 24.5 Å². The minimum Gasteiger partial charge on any atom is -0.456 e. The van der Waals surface area contributed by atoms with Crippen molar-refractivity contribution in [1.29, 1.82) is 0 Å². The molecule has 1 N–H and O–H groups in total. The van der Waals surface area contributed by atoms with E-state index in [0.29, 0.717) is 0 Å². The number of allylic oxidation sites excluding steroid dienone is 2. The highest BCUT2D eigenvalue weighted by molar-refractivity contribution is 6.32. The van der Waals surface area contributed by atoms with Gasteiger partial charge in [0.25, 0.3) is 0 Å². The van der Waals surface area contributed by atoms with Crippen LogP contribution in [0.4, 0.5) is 0 Å². The molecule has 0 fully saturated rings. The number of nitrogens with one attached hydrogen (secondary N) is 1. The van der Waals surface area contributed by atoms with Crippen LogP contribution in [0.1, 0.15) is 13.8 Å². The minimum atomic E-state index is -0.878. The van der Waals surface area contributed by atoms with Gasteiger partial charge in [-0.3, -0.25) is 4.79 Å². The molecule has 0 aliphatic carbocycles. The van der Waals surface area contributed by atoms with Crippen molar-refractivity contribution < 1.29 is 14.3 Å². The second-order valence-corrected chi connectivity index (χ2v) is 3.32. The summed E-state index contributed by atoms with van der Waals surface area (Å²) >= 11 is 0. The molecule has 0 aliphatic heterocycles. The van der Waals surface area contributed by atoms with Crippen LogP contribution in [0, 0.1) is 0 Å². The normalized spacial score (nSPS) is 10.8. The summed E-state index contributed by atoms with van der Waals surface area (Å²) in [4.78, 5) is 22.3. The van der Waals surface area contributed by atoms with Gasteiger partial charge in [0.2, 0.25) is 0 Å². The number of hydrogen-bond acceptors (Lipinski definition) is 3. The molecule has 0 bridgehead atoms. The van der Waals surface area contributed by atoms with Crippen LogP contribution >= 0.6 is 0 Å². The second-order valence-electron chi connectivity index (χ2n) is 3.32. The van der Waals surface area contributed by atoms with Crippen LogP contribution in [-0.2, 0) is 14.3 Å². The number of ether oxygens (including phenoxy) is 1. The molecule has 0 saturated carbocycles. The smallest absolute Gasteiger partial charge is 0.397 e. The molecule has 0 atom stereocenters. The van der Waals surface area contributed by atoms with Crippen molar-refractivity contribution >= 4 is 11.9 Å². The number of hydrogen-bond donors (Lipinski definition) is 1. The molecule has 0 aliphatic rings. The van der Waals surface area contributed by atoms with Crippen LogP contribution in [0.3, 0.4) is 0 Å². The van der Waals surface area contributed by atoms with E-state index in [9.17, 15) is 9.59 Å².